The Morgan fingerprint density at radius 3 is 2.50 bits per heavy atom. The number of thiocarbonyl (C=S) groups is 1. The Morgan fingerprint density at radius 1 is 1.04 bits per heavy atom. The number of benzene rings is 2. The van der Waals surface area contributed by atoms with Crippen LogP contribution in [-0.4, -0.2) is 14.9 Å². The van der Waals surface area contributed by atoms with Crippen LogP contribution >= 0.6 is 12.2 Å². The zero-order valence-electron chi connectivity index (χ0n) is 15.6. The van der Waals surface area contributed by atoms with E-state index in [9.17, 15) is 0 Å². The van der Waals surface area contributed by atoms with E-state index in [-0.39, 0.29) is 0 Å². The zero-order valence-corrected chi connectivity index (χ0v) is 16.4. The number of aromatic nitrogens is 2. The van der Waals surface area contributed by atoms with Gasteiger partial charge in [-0.25, -0.2) is 4.68 Å². The third-order valence-corrected chi connectivity index (χ3v) is 4.76. The third kappa shape index (κ3) is 3.94. The van der Waals surface area contributed by atoms with Crippen LogP contribution in [0.25, 0.3) is 5.69 Å². The minimum Gasteiger partial charge on any atom is -0.358 e. The fraction of sp³-hybridized carbons (Fsp3) is 0.238. The molecule has 0 spiro atoms. The average molecular weight is 365 g/mol. The first-order valence-corrected chi connectivity index (χ1v) is 9.09. The summed E-state index contributed by atoms with van der Waals surface area (Å²) >= 11 is 5.48. The highest BCUT2D eigenvalue weighted by Crippen LogP contribution is 2.18. The Kier molecular flexibility index (Phi) is 5.38. The fourth-order valence-corrected chi connectivity index (χ4v) is 3.14. The first-order valence-electron chi connectivity index (χ1n) is 8.68. The van der Waals surface area contributed by atoms with Crippen molar-refractivity contribution in [3.05, 3.63) is 76.6 Å². The summed E-state index contributed by atoms with van der Waals surface area (Å²) in [5.41, 5.74) is 7.77. The van der Waals surface area contributed by atoms with Crippen molar-refractivity contribution < 1.29 is 0 Å². The lowest BCUT2D eigenvalue weighted by Gasteiger charge is -2.13. The topological polar surface area (TPSA) is 41.9 Å². The number of nitrogens with one attached hydrogen (secondary N) is 2. The number of anilines is 1. The second kappa shape index (κ2) is 7.70. The van der Waals surface area contributed by atoms with Gasteiger partial charge in [0, 0.05) is 23.5 Å². The maximum absolute atomic E-state index is 5.48. The molecule has 0 aliphatic heterocycles. The summed E-state index contributed by atoms with van der Waals surface area (Å²) in [6, 6.07) is 16.5. The van der Waals surface area contributed by atoms with E-state index < -0.39 is 0 Å². The minimum atomic E-state index is 0.616. The molecule has 0 saturated heterocycles. The van der Waals surface area contributed by atoms with Gasteiger partial charge in [-0.3, -0.25) is 0 Å². The van der Waals surface area contributed by atoms with Gasteiger partial charge in [0.1, 0.15) is 0 Å². The zero-order chi connectivity index (χ0) is 18.7. The van der Waals surface area contributed by atoms with E-state index >= 15 is 0 Å². The molecular weight excluding hydrogens is 340 g/mol. The molecule has 0 amide bonds. The predicted octanol–water partition coefficient (Wildman–Crippen LogP) is 4.59. The Balaban J connectivity index is 1.71. The van der Waals surface area contributed by atoms with Gasteiger partial charge in [0.25, 0.3) is 0 Å². The van der Waals surface area contributed by atoms with Crippen LogP contribution in [0.2, 0.25) is 0 Å². The molecule has 2 aromatic carbocycles. The summed E-state index contributed by atoms with van der Waals surface area (Å²) in [6.45, 7) is 8.91. The molecule has 3 aromatic rings. The van der Waals surface area contributed by atoms with Gasteiger partial charge >= 0.3 is 0 Å². The van der Waals surface area contributed by atoms with Crippen LogP contribution in [0.15, 0.2) is 48.5 Å². The second-order valence-electron chi connectivity index (χ2n) is 6.52. The highest BCUT2D eigenvalue weighted by atomic mass is 32.1. The van der Waals surface area contributed by atoms with Gasteiger partial charge in [0.2, 0.25) is 0 Å². The number of aryl methyl sites for hydroxylation is 3. The van der Waals surface area contributed by atoms with E-state index in [1.165, 1.54) is 16.7 Å². The molecule has 5 heteroatoms. The van der Waals surface area contributed by atoms with Crippen molar-refractivity contribution in [2.75, 3.05) is 5.32 Å². The maximum Gasteiger partial charge on any atom is 0.171 e. The van der Waals surface area contributed by atoms with E-state index in [2.05, 4.69) is 66.8 Å². The standard InChI is InChI=1S/C21H24N4S/c1-14-10-11-15(2)20(12-14)23-21(26)22-13-19-16(3)24-25(17(19)4)18-8-6-5-7-9-18/h5-12H,13H2,1-4H3,(H2,22,23,26). The lowest BCUT2D eigenvalue weighted by molar-refractivity contribution is 0.830. The van der Waals surface area contributed by atoms with Crippen LogP contribution < -0.4 is 10.6 Å². The lowest BCUT2D eigenvalue weighted by atomic mass is 10.1. The molecular formula is C21H24N4S. The molecule has 2 N–H and O–H groups in total. The quantitative estimate of drug-likeness (QED) is 0.664. The van der Waals surface area contributed by atoms with Gasteiger partial charge in [-0.05, 0) is 69.2 Å². The fourth-order valence-electron chi connectivity index (χ4n) is 2.96. The molecule has 0 bridgehead atoms. The monoisotopic (exact) mass is 364 g/mol. The number of nitrogens with zero attached hydrogens (tertiary/aromatic N) is 2. The van der Waals surface area contributed by atoms with Gasteiger partial charge in [0.15, 0.2) is 5.11 Å². The van der Waals surface area contributed by atoms with E-state index in [0.717, 1.165) is 22.8 Å². The molecule has 0 unspecified atom stereocenters. The molecule has 0 saturated carbocycles. The van der Waals surface area contributed by atoms with Gasteiger partial charge in [-0.1, -0.05) is 30.3 Å². The Labute approximate surface area is 160 Å². The van der Waals surface area contributed by atoms with Crippen molar-refractivity contribution in [2.24, 2.45) is 0 Å². The molecule has 0 atom stereocenters. The normalized spacial score (nSPS) is 10.6. The molecule has 1 heterocycles. The van der Waals surface area contributed by atoms with Crippen molar-refractivity contribution in [3.63, 3.8) is 0 Å². The first-order chi connectivity index (χ1) is 12.5. The largest absolute Gasteiger partial charge is 0.358 e. The number of hydrogen-bond donors (Lipinski definition) is 2. The molecule has 1 aromatic heterocycles. The summed E-state index contributed by atoms with van der Waals surface area (Å²) in [6.07, 6.45) is 0. The number of para-hydroxylation sites is 1. The molecule has 26 heavy (non-hydrogen) atoms. The van der Waals surface area contributed by atoms with Crippen molar-refractivity contribution in [1.82, 2.24) is 15.1 Å². The molecule has 0 radical (unpaired) electrons. The smallest absolute Gasteiger partial charge is 0.171 e. The highest BCUT2D eigenvalue weighted by Gasteiger charge is 2.13. The summed E-state index contributed by atoms with van der Waals surface area (Å²) in [7, 11) is 0. The Morgan fingerprint density at radius 2 is 1.77 bits per heavy atom. The van der Waals surface area contributed by atoms with Crippen LogP contribution in [0.3, 0.4) is 0 Å². The summed E-state index contributed by atoms with van der Waals surface area (Å²) in [5.74, 6) is 0. The average Bonchev–Trinajstić information content (AvgIpc) is 2.91. The highest BCUT2D eigenvalue weighted by molar-refractivity contribution is 7.80. The molecule has 0 fully saturated rings. The van der Waals surface area contributed by atoms with Crippen molar-refractivity contribution in [3.8, 4) is 5.69 Å². The van der Waals surface area contributed by atoms with Crippen LogP contribution in [0.5, 0.6) is 0 Å². The van der Waals surface area contributed by atoms with E-state index in [0.29, 0.717) is 11.7 Å². The third-order valence-electron chi connectivity index (χ3n) is 4.51. The Bertz CT molecular complexity index is 929. The molecule has 4 nitrogen and oxygen atoms in total. The van der Waals surface area contributed by atoms with Crippen LogP contribution in [0.1, 0.15) is 28.1 Å². The lowest BCUT2D eigenvalue weighted by Crippen LogP contribution is -2.28. The van der Waals surface area contributed by atoms with E-state index in [1.807, 2.05) is 29.8 Å². The van der Waals surface area contributed by atoms with Gasteiger partial charge in [0.05, 0.1) is 11.4 Å². The van der Waals surface area contributed by atoms with Gasteiger partial charge < -0.3 is 10.6 Å². The first kappa shape index (κ1) is 18.1. The second-order valence-corrected chi connectivity index (χ2v) is 6.93. The number of hydrogen-bond acceptors (Lipinski definition) is 2. The van der Waals surface area contributed by atoms with Crippen molar-refractivity contribution in [2.45, 2.75) is 34.2 Å². The maximum atomic E-state index is 5.48. The predicted molar refractivity (Wildman–Crippen MR) is 112 cm³/mol. The minimum absolute atomic E-state index is 0.616. The molecule has 134 valence electrons. The van der Waals surface area contributed by atoms with Crippen LogP contribution in [0, 0.1) is 27.7 Å². The molecule has 0 aliphatic rings. The molecule has 3 rings (SSSR count). The number of rotatable bonds is 4. The summed E-state index contributed by atoms with van der Waals surface area (Å²) in [4.78, 5) is 0. The van der Waals surface area contributed by atoms with E-state index in [1.54, 1.807) is 0 Å². The van der Waals surface area contributed by atoms with Crippen molar-refractivity contribution in [1.29, 1.82) is 0 Å². The van der Waals surface area contributed by atoms with Crippen molar-refractivity contribution >= 4 is 23.0 Å². The van der Waals surface area contributed by atoms with Gasteiger partial charge in [-0.2, -0.15) is 5.10 Å². The van der Waals surface area contributed by atoms with Crippen LogP contribution in [0.4, 0.5) is 5.69 Å². The van der Waals surface area contributed by atoms with Gasteiger partial charge in [-0.15, -0.1) is 0 Å². The Hall–Kier alpha value is -2.66. The van der Waals surface area contributed by atoms with E-state index in [4.69, 9.17) is 12.2 Å². The molecule has 0 aliphatic carbocycles. The summed E-state index contributed by atoms with van der Waals surface area (Å²) < 4.78 is 1.98. The summed E-state index contributed by atoms with van der Waals surface area (Å²) in [5, 5.41) is 11.9. The SMILES string of the molecule is Cc1ccc(C)c(NC(=S)NCc2c(C)nn(-c3ccccc3)c2C)c1. The van der Waals surface area contributed by atoms with Crippen LogP contribution in [-0.2, 0) is 6.54 Å².